The summed E-state index contributed by atoms with van der Waals surface area (Å²) in [7, 11) is 0. The van der Waals surface area contributed by atoms with Crippen molar-refractivity contribution >= 4 is 5.97 Å². The Morgan fingerprint density at radius 1 is 0.952 bits per heavy atom. The molecule has 4 saturated carbocycles. The number of carbonyl (C=O) groups is 1. The number of hydrogen-bond acceptors (Lipinski definition) is 6. The molecule has 1 aliphatic heterocycles. The van der Waals surface area contributed by atoms with Gasteiger partial charge in [-0.05, 0) is 97.2 Å². The lowest BCUT2D eigenvalue weighted by Gasteiger charge is -2.71. The van der Waals surface area contributed by atoms with Crippen LogP contribution < -0.4 is 0 Å². The molecule has 1 saturated heterocycles. The van der Waals surface area contributed by atoms with Crippen LogP contribution in [0.25, 0.3) is 0 Å². The van der Waals surface area contributed by atoms with Crippen molar-refractivity contribution in [1.29, 1.82) is 0 Å². The number of fused-ring (bicyclic) bond motifs is 7. The third-order valence-electron chi connectivity index (χ3n) is 14.6. The summed E-state index contributed by atoms with van der Waals surface area (Å²) in [5.74, 6) is 0.509. The van der Waals surface area contributed by atoms with Gasteiger partial charge in [-0.15, -0.1) is 0 Å². The smallest absolute Gasteiger partial charge is 0.310 e. The summed E-state index contributed by atoms with van der Waals surface area (Å²) in [5, 5.41) is 41.3. The summed E-state index contributed by atoms with van der Waals surface area (Å²) >= 11 is 0. The van der Waals surface area contributed by atoms with Gasteiger partial charge in [0, 0.05) is 5.92 Å². The second-order valence-electron chi connectivity index (χ2n) is 16.4. The van der Waals surface area contributed by atoms with E-state index in [1.165, 1.54) is 5.57 Å². The molecule has 7 nitrogen and oxygen atoms in total. The maximum absolute atomic E-state index is 12.9. The van der Waals surface area contributed by atoms with Gasteiger partial charge in [-0.25, -0.2) is 0 Å². The SMILES string of the molecule is C=C1[C@H]2C3=CC[C@H]4[C@@]5(C)CC[C@H](O[C@@H]6OC[C@H](O)[C@@H](O)[C@H]6O)C(C)(C)[C@H]5CC[C@@]4(C)[C@]3(C)CC[C@@]2(C(=O)O)CC[C@H]1C. The lowest BCUT2D eigenvalue weighted by atomic mass is 9.33. The average Bonchev–Trinajstić information content (AvgIpc) is 2.92. The summed E-state index contributed by atoms with van der Waals surface area (Å²) in [6.45, 7) is 18.8. The van der Waals surface area contributed by atoms with Crippen LogP contribution in [0.2, 0.25) is 0 Å². The van der Waals surface area contributed by atoms with Crippen LogP contribution in [-0.4, -0.2) is 63.7 Å². The lowest BCUT2D eigenvalue weighted by molar-refractivity contribution is -0.308. The van der Waals surface area contributed by atoms with Crippen molar-refractivity contribution in [1.82, 2.24) is 0 Å². The van der Waals surface area contributed by atoms with Gasteiger partial charge in [-0.2, -0.15) is 0 Å². The second-order valence-corrected chi connectivity index (χ2v) is 16.4. The Labute approximate surface area is 251 Å². The number of carboxylic acids is 1. The average molecular weight is 587 g/mol. The minimum Gasteiger partial charge on any atom is -0.481 e. The van der Waals surface area contributed by atoms with Crippen molar-refractivity contribution in [2.24, 2.45) is 50.7 Å². The highest BCUT2D eigenvalue weighted by molar-refractivity contribution is 5.77. The molecule has 0 aromatic rings. The third-order valence-corrected chi connectivity index (χ3v) is 14.6. The van der Waals surface area contributed by atoms with E-state index in [1.54, 1.807) is 0 Å². The molecule has 0 aromatic carbocycles. The van der Waals surface area contributed by atoms with E-state index in [9.17, 15) is 25.2 Å². The second kappa shape index (κ2) is 9.87. The van der Waals surface area contributed by atoms with Gasteiger partial charge in [0.05, 0.1) is 18.1 Å². The molecule has 0 radical (unpaired) electrons. The number of aliphatic hydroxyl groups is 3. The molecular formula is C35H54O7. The van der Waals surface area contributed by atoms with E-state index in [2.05, 4.69) is 54.2 Å². The molecule has 5 aliphatic carbocycles. The van der Waals surface area contributed by atoms with Gasteiger partial charge < -0.3 is 29.9 Å². The largest absolute Gasteiger partial charge is 0.481 e. The highest BCUT2D eigenvalue weighted by atomic mass is 16.7. The zero-order chi connectivity index (χ0) is 30.6. The quantitative estimate of drug-likeness (QED) is 0.256. The first-order valence-electron chi connectivity index (χ1n) is 16.5. The van der Waals surface area contributed by atoms with E-state index in [-0.39, 0.29) is 40.3 Å². The molecule has 4 N–H and O–H groups in total. The van der Waals surface area contributed by atoms with Crippen molar-refractivity contribution in [3.63, 3.8) is 0 Å². The van der Waals surface area contributed by atoms with Gasteiger partial charge in [-0.3, -0.25) is 4.79 Å². The molecule has 42 heavy (non-hydrogen) atoms. The van der Waals surface area contributed by atoms with Crippen LogP contribution in [0.15, 0.2) is 23.8 Å². The first kappa shape index (κ1) is 30.8. The van der Waals surface area contributed by atoms with E-state index in [0.29, 0.717) is 17.8 Å². The molecule has 0 aromatic heterocycles. The van der Waals surface area contributed by atoms with Crippen LogP contribution in [0, 0.1) is 50.7 Å². The first-order valence-corrected chi connectivity index (χ1v) is 16.5. The Bertz CT molecular complexity index is 1160. The zero-order valence-electron chi connectivity index (χ0n) is 26.6. The number of aliphatic hydroxyl groups excluding tert-OH is 3. The maximum Gasteiger partial charge on any atom is 0.310 e. The molecule has 7 heteroatoms. The van der Waals surface area contributed by atoms with E-state index >= 15 is 0 Å². The fraction of sp³-hybridized carbons (Fsp3) is 0.857. The number of ether oxygens (including phenoxy) is 2. The van der Waals surface area contributed by atoms with Gasteiger partial charge >= 0.3 is 5.97 Å². The molecule has 5 fully saturated rings. The van der Waals surface area contributed by atoms with Gasteiger partial charge in [0.25, 0.3) is 0 Å². The van der Waals surface area contributed by atoms with Crippen LogP contribution in [0.3, 0.4) is 0 Å². The zero-order valence-corrected chi connectivity index (χ0v) is 26.6. The monoisotopic (exact) mass is 586 g/mol. The first-order chi connectivity index (χ1) is 19.5. The van der Waals surface area contributed by atoms with E-state index in [0.717, 1.165) is 63.4 Å². The van der Waals surface area contributed by atoms with Crippen LogP contribution >= 0.6 is 0 Å². The van der Waals surface area contributed by atoms with Gasteiger partial charge in [-0.1, -0.05) is 65.3 Å². The Kier molecular flexibility index (Phi) is 7.23. The summed E-state index contributed by atoms with van der Waals surface area (Å²) in [6, 6.07) is 0. The molecule has 6 aliphatic rings. The Balaban J connectivity index is 1.31. The fourth-order valence-corrected chi connectivity index (χ4v) is 11.7. The Hall–Kier alpha value is -1.25. The summed E-state index contributed by atoms with van der Waals surface area (Å²) < 4.78 is 12.1. The van der Waals surface area contributed by atoms with Gasteiger partial charge in [0.1, 0.15) is 18.3 Å². The number of hydrogen-bond donors (Lipinski definition) is 4. The summed E-state index contributed by atoms with van der Waals surface area (Å²) in [5.41, 5.74) is 1.68. The minimum atomic E-state index is -1.28. The van der Waals surface area contributed by atoms with Crippen LogP contribution in [0.1, 0.15) is 99.3 Å². The topological polar surface area (TPSA) is 116 Å². The summed E-state index contributed by atoms with van der Waals surface area (Å²) in [6.07, 6.45) is 5.97. The Morgan fingerprint density at radius 3 is 2.36 bits per heavy atom. The minimum absolute atomic E-state index is 0.0553. The fourth-order valence-electron chi connectivity index (χ4n) is 11.7. The molecule has 13 atom stereocenters. The number of rotatable bonds is 3. The standard InChI is InChI=1S/C35H54O7/c1-19-10-15-35(30(39)40)17-16-33(6)21(26(35)20(19)2)8-9-24-32(5)13-12-25(31(3,4)23(32)11-14-34(24,33)7)42-29-28(38)27(37)22(36)18-41-29/h8,19,22-29,36-38H,2,9-18H2,1,3-7H3,(H,39,40)/t19-,22+,23-,24+,25+,26+,27-,28-,29+,32+,33-,34-,35+/m1/s1. The van der Waals surface area contributed by atoms with Crippen LogP contribution in [0.5, 0.6) is 0 Å². The molecule has 0 unspecified atom stereocenters. The van der Waals surface area contributed by atoms with Crippen molar-refractivity contribution in [2.75, 3.05) is 6.61 Å². The van der Waals surface area contributed by atoms with Crippen molar-refractivity contribution in [2.45, 2.75) is 130 Å². The number of carboxylic acid groups (broad SMARTS) is 1. The van der Waals surface area contributed by atoms with Gasteiger partial charge in [0.15, 0.2) is 6.29 Å². The number of allylic oxidation sites excluding steroid dienone is 3. The molecule has 6 rings (SSSR count). The predicted octanol–water partition coefficient (Wildman–Crippen LogP) is 5.47. The lowest BCUT2D eigenvalue weighted by Crippen LogP contribution is -2.65. The normalized spacial score (nSPS) is 53.6. The van der Waals surface area contributed by atoms with E-state index < -0.39 is 36.0 Å². The maximum atomic E-state index is 12.9. The molecule has 0 spiro atoms. The predicted molar refractivity (Wildman–Crippen MR) is 159 cm³/mol. The third kappa shape index (κ3) is 3.92. The highest BCUT2D eigenvalue weighted by Crippen LogP contribution is 2.75. The Morgan fingerprint density at radius 2 is 1.67 bits per heavy atom. The molecule has 236 valence electrons. The van der Waals surface area contributed by atoms with E-state index in [1.807, 2.05) is 0 Å². The highest BCUT2D eigenvalue weighted by Gasteiger charge is 2.69. The molecular weight excluding hydrogens is 532 g/mol. The summed E-state index contributed by atoms with van der Waals surface area (Å²) in [4.78, 5) is 12.9. The molecule has 1 heterocycles. The van der Waals surface area contributed by atoms with Crippen LogP contribution in [-0.2, 0) is 14.3 Å². The van der Waals surface area contributed by atoms with Gasteiger partial charge in [0.2, 0.25) is 0 Å². The van der Waals surface area contributed by atoms with Crippen molar-refractivity contribution in [3.05, 3.63) is 23.8 Å². The van der Waals surface area contributed by atoms with Crippen molar-refractivity contribution < 1.29 is 34.7 Å². The van der Waals surface area contributed by atoms with E-state index in [4.69, 9.17) is 9.47 Å². The van der Waals surface area contributed by atoms with Crippen molar-refractivity contribution in [3.8, 4) is 0 Å². The number of aliphatic carboxylic acids is 1. The molecule has 0 amide bonds. The van der Waals surface area contributed by atoms with Crippen LogP contribution in [0.4, 0.5) is 0 Å². The molecule has 0 bridgehead atoms.